The van der Waals surface area contributed by atoms with E-state index in [0.717, 1.165) is 4.73 Å². The molecule has 14 heavy (non-hydrogen) atoms. The second-order valence-corrected chi connectivity index (χ2v) is 2.80. The van der Waals surface area contributed by atoms with Crippen LogP contribution in [0.2, 0.25) is 0 Å². The molecule has 0 aliphatic heterocycles. The molecule has 0 aliphatic carbocycles. The summed E-state index contributed by atoms with van der Waals surface area (Å²) in [6.45, 7) is 1.28. The van der Waals surface area contributed by atoms with Crippen molar-refractivity contribution in [2.24, 2.45) is 0 Å². The van der Waals surface area contributed by atoms with Crippen molar-refractivity contribution in [3.63, 3.8) is 0 Å². The maximum absolute atomic E-state index is 10.7. The maximum atomic E-state index is 10.7. The molecule has 0 aliphatic rings. The first-order valence-electron chi connectivity index (χ1n) is 4.02. The highest BCUT2D eigenvalue weighted by Gasteiger charge is 2.09. The van der Waals surface area contributed by atoms with Gasteiger partial charge in [0, 0.05) is 13.1 Å². The van der Waals surface area contributed by atoms with Crippen molar-refractivity contribution in [3.05, 3.63) is 24.5 Å². The van der Waals surface area contributed by atoms with Crippen molar-refractivity contribution in [2.75, 3.05) is 0 Å². The molecule has 0 aromatic carbocycles. The van der Waals surface area contributed by atoms with Gasteiger partial charge in [-0.05, 0) is 12.1 Å². The number of aromatic nitrogens is 2. The molecule has 0 amide bonds. The van der Waals surface area contributed by atoms with Crippen LogP contribution in [-0.4, -0.2) is 20.8 Å². The Morgan fingerprint density at radius 3 is 3.14 bits per heavy atom. The maximum Gasteiger partial charge on any atom is 0.329 e. The minimum absolute atomic E-state index is 0.0364. The molecule has 2 heterocycles. The second kappa shape index (κ2) is 3.02. The molecule has 2 aromatic rings. The van der Waals surface area contributed by atoms with Gasteiger partial charge in [0.25, 0.3) is 0 Å². The average molecular weight is 192 g/mol. The summed E-state index contributed by atoms with van der Waals surface area (Å²) < 4.78 is 1.15. The highest BCUT2D eigenvalue weighted by molar-refractivity contribution is 5.83. The predicted molar refractivity (Wildman–Crippen MR) is 48.7 cm³/mol. The molecule has 1 N–H and O–H groups in total. The molecule has 5 nitrogen and oxygen atoms in total. The number of fused-ring (bicyclic) bond motifs is 1. The van der Waals surface area contributed by atoms with E-state index in [0.29, 0.717) is 11.0 Å². The molecule has 0 spiro atoms. The van der Waals surface area contributed by atoms with E-state index in [2.05, 4.69) is 4.98 Å². The third kappa shape index (κ3) is 1.28. The Hall–Kier alpha value is -2.04. The molecule has 0 unspecified atom stereocenters. The molecule has 0 saturated heterocycles. The van der Waals surface area contributed by atoms with Crippen molar-refractivity contribution in [3.8, 4) is 5.75 Å². The summed E-state index contributed by atoms with van der Waals surface area (Å²) in [5, 5.41) is 10.0. The lowest BCUT2D eigenvalue weighted by molar-refractivity contribution is -0.141. The van der Waals surface area contributed by atoms with Crippen molar-refractivity contribution in [2.45, 2.75) is 6.92 Å². The van der Waals surface area contributed by atoms with Crippen LogP contribution in [-0.2, 0) is 4.79 Å². The summed E-state index contributed by atoms with van der Waals surface area (Å²) in [7, 11) is 0. The Balaban J connectivity index is 2.60. The summed E-state index contributed by atoms with van der Waals surface area (Å²) in [5.74, 6) is -0.429. The largest absolute Gasteiger partial charge is 0.506 e. The fraction of sp³-hybridized carbons (Fsp3) is 0.111. The van der Waals surface area contributed by atoms with E-state index in [9.17, 15) is 9.90 Å². The van der Waals surface area contributed by atoms with Crippen molar-refractivity contribution >= 4 is 17.0 Å². The highest BCUT2D eigenvalue weighted by Crippen LogP contribution is 2.23. The first-order chi connectivity index (χ1) is 6.68. The van der Waals surface area contributed by atoms with E-state index < -0.39 is 5.97 Å². The molecular weight excluding hydrogens is 184 g/mol. The second-order valence-electron chi connectivity index (χ2n) is 2.80. The number of nitrogens with zero attached hydrogens (tertiary/aromatic N) is 2. The van der Waals surface area contributed by atoms with Crippen molar-refractivity contribution in [1.29, 1.82) is 0 Å². The third-order valence-corrected chi connectivity index (χ3v) is 1.74. The molecule has 0 saturated carbocycles. The van der Waals surface area contributed by atoms with Crippen LogP contribution in [0.15, 0.2) is 24.5 Å². The van der Waals surface area contributed by atoms with E-state index in [1.54, 1.807) is 18.3 Å². The lowest BCUT2D eigenvalue weighted by Crippen LogP contribution is -2.15. The minimum atomic E-state index is -0.465. The van der Waals surface area contributed by atoms with Gasteiger partial charge in [-0.1, -0.05) is 0 Å². The topological polar surface area (TPSA) is 64.3 Å². The van der Waals surface area contributed by atoms with Gasteiger partial charge in [0.15, 0.2) is 5.65 Å². The van der Waals surface area contributed by atoms with E-state index in [-0.39, 0.29) is 5.75 Å². The monoisotopic (exact) mass is 192 g/mol. The molecule has 2 aromatic heterocycles. The molecular formula is C9H8N2O3. The third-order valence-electron chi connectivity index (χ3n) is 1.74. The van der Waals surface area contributed by atoms with Gasteiger partial charge in [0.2, 0.25) is 0 Å². The molecule has 0 radical (unpaired) electrons. The Labute approximate surface area is 79.5 Å². The summed E-state index contributed by atoms with van der Waals surface area (Å²) in [4.78, 5) is 19.5. The fourth-order valence-electron chi connectivity index (χ4n) is 1.22. The number of pyridine rings is 1. The van der Waals surface area contributed by atoms with Crippen LogP contribution in [0.5, 0.6) is 5.75 Å². The molecule has 0 fully saturated rings. The predicted octanol–water partition coefficient (Wildman–Crippen LogP) is 0.717. The summed E-state index contributed by atoms with van der Waals surface area (Å²) in [6, 6.07) is 3.39. The number of hydrogen-bond donors (Lipinski definition) is 1. The van der Waals surface area contributed by atoms with E-state index in [1.807, 2.05) is 0 Å². The zero-order chi connectivity index (χ0) is 10.1. The molecule has 0 bridgehead atoms. The normalized spacial score (nSPS) is 10.4. The SMILES string of the molecule is CC(=O)On1cc(O)c2cccnc21. The average Bonchev–Trinajstić information content (AvgIpc) is 2.44. The smallest absolute Gasteiger partial charge is 0.329 e. The lowest BCUT2D eigenvalue weighted by Gasteiger charge is -2.00. The Morgan fingerprint density at radius 2 is 2.43 bits per heavy atom. The van der Waals surface area contributed by atoms with Gasteiger partial charge in [0.05, 0.1) is 11.6 Å². The quantitative estimate of drug-likeness (QED) is 0.722. The Morgan fingerprint density at radius 1 is 1.64 bits per heavy atom. The van der Waals surface area contributed by atoms with Gasteiger partial charge in [-0.25, -0.2) is 9.78 Å². The molecule has 5 heteroatoms. The van der Waals surface area contributed by atoms with Crippen molar-refractivity contribution < 1.29 is 14.7 Å². The standard InChI is InChI=1S/C9H8N2O3/c1-6(12)14-11-5-8(13)7-3-2-4-10-9(7)11/h2-5,13H,1H3. The van der Waals surface area contributed by atoms with E-state index in [4.69, 9.17) is 4.84 Å². The lowest BCUT2D eigenvalue weighted by atomic mass is 10.3. The Bertz CT molecular complexity index is 490. The minimum Gasteiger partial charge on any atom is -0.506 e. The van der Waals surface area contributed by atoms with E-state index in [1.165, 1.54) is 13.1 Å². The van der Waals surface area contributed by atoms with Crippen molar-refractivity contribution in [1.82, 2.24) is 9.71 Å². The van der Waals surface area contributed by atoms with Gasteiger partial charge >= 0.3 is 5.97 Å². The van der Waals surface area contributed by atoms with Gasteiger partial charge in [-0.15, -0.1) is 0 Å². The summed E-state index contributed by atoms with van der Waals surface area (Å²) in [6.07, 6.45) is 2.86. The zero-order valence-corrected chi connectivity index (χ0v) is 7.47. The molecule has 2 rings (SSSR count). The number of carbonyl (C=O) groups excluding carboxylic acids is 1. The van der Waals surface area contributed by atoms with Gasteiger partial charge < -0.3 is 9.94 Å². The fourth-order valence-corrected chi connectivity index (χ4v) is 1.22. The van der Waals surface area contributed by atoms with Crippen LogP contribution in [0, 0.1) is 0 Å². The first-order valence-corrected chi connectivity index (χ1v) is 4.02. The van der Waals surface area contributed by atoms with Crippen LogP contribution in [0.25, 0.3) is 11.0 Å². The molecule has 72 valence electrons. The van der Waals surface area contributed by atoms with Crippen LogP contribution in [0.1, 0.15) is 6.92 Å². The van der Waals surface area contributed by atoms with Crippen LogP contribution >= 0.6 is 0 Å². The highest BCUT2D eigenvalue weighted by atomic mass is 16.7. The summed E-state index contributed by atoms with van der Waals surface area (Å²) >= 11 is 0. The summed E-state index contributed by atoms with van der Waals surface area (Å²) in [5.41, 5.74) is 0.417. The first kappa shape index (κ1) is 8.55. The van der Waals surface area contributed by atoms with Gasteiger partial charge in [0.1, 0.15) is 5.75 Å². The van der Waals surface area contributed by atoms with Gasteiger partial charge in [-0.3, -0.25) is 0 Å². The Kier molecular flexibility index (Phi) is 1.85. The van der Waals surface area contributed by atoms with Crippen LogP contribution in [0.4, 0.5) is 0 Å². The number of aromatic hydroxyl groups is 1. The van der Waals surface area contributed by atoms with E-state index >= 15 is 0 Å². The van der Waals surface area contributed by atoms with Gasteiger partial charge in [-0.2, -0.15) is 4.73 Å². The van der Waals surface area contributed by atoms with Crippen LogP contribution < -0.4 is 4.84 Å². The number of carbonyl (C=O) groups is 1. The number of hydrogen-bond acceptors (Lipinski definition) is 4. The zero-order valence-electron chi connectivity index (χ0n) is 7.47. The van der Waals surface area contributed by atoms with Crippen LogP contribution in [0.3, 0.4) is 0 Å². The molecule has 0 atom stereocenters. The number of rotatable bonds is 1.